The molecule has 0 unspecified atom stereocenters. The highest BCUT2D eigenvalue weighted by Crippen LogP contribution is 2.45. The molecule has 2 aromatic carbocycles. The molecule has 0 saturated heterocycles. The van der Waals surface area contributed by atoms with E-state index in [1.165, 1.54) is 5.56 Å². The molecule has 1 fully saturated rings. The minimum absolute atomic E-state index is 0.0342. The van der Waals surface area contributed by atoms with Crippen molar-refractivity contribution in [2.45, 2.75) is 51.1 Å². The molecule has 1 saturated carbocycles. The molecule has 0 radical (unpaired) electrons. The van der Waals surface area contributed by atoms with Gasteiger partial charge in [-0.05, 0) is 76.0 Å². The van der Waals surface area contributed by atoms with Crippen LogP contribution in [0, 0.1) is 0 Å². The van der Waals surface area contributed by atoms with E-state index in [1.54, 1.807) is 13.2 Å². The number of hydrogen-bond acceptors (Lipinski definition) is 4. The third kappa shape index (κ3) is 4.34. The second kappa shape index (κ2) is 9.27. The number of rotatable bonds is 7. The fourth-order valence-corrected chi connectivity index (χ4v) is 5.06. The van der Waals surface area contributed by atoms with Gasteiger partial charge in [0.25, 0.3) is 0 Å². The van der Waals surface area contributed by atoms with Crippen molar-refractivity contribution in [1.82, 2.24) is 4.90 Å². The van der Waals surface area contributed by atoms with E-state index < -0.39 is 0 Å². The van der Waals surface area contributed by atoms with E-state index in [4.69, 9.17) is 16.3 Å². The monoisotopic (exact) mass is 416 g/mol. The third-order valence-corrected chi connectivity index (χ3v) is 6.84. The Hall–Kier alpha value is -1.91. The van der Waals surface area contributed by atoms with E-state index in [2.05, 4.69) is 42.8 Å². The molecule has 3 rings (SSSR count). The predicted octanol–water partition coefficient (Wildman–Crippen LogP) is 5.67. The first-order valence-corrected chi connectivity index (χ1v) is 10.9. The lowest BCUT2D eigenvalue weighted by atomic mass is 9.73. The highest BCUT2D eigenvalue weighted by molar-refractivity contribution is 6.30. The lowest BCUT2D eigenvalue weighted by Crippen LogP contribution is -2.50. The number of anilines is 1. The quantitative estimate of drug-likeness (QED) is 0.630. The fraction of sp³-hybridized carbons (Fsp3) is 0.500. The number of halogens is 1. The third-order valence-electron chi connectivity index (χ3n) is 6.60. The molecule has 0 heterocycles. The normalized spacial score (nSPS) is 21.9. The number of benzene rings is 2. The van der Waals surface area contributed by atoms with Crippen LogP contribution >= 0.6 is 11.6 Å². The maximum absolute atomic E-state index is 10.1. The zero-order chi connectivity index (χ0) is 21.0. The van der Waals surface area contributed by atoms with Crippen molar-refractivity contribution in [3.8, 4) is 11.5 Å². The number of aromatic hydroxyl groups is 1. The number of phenols is 1. The van der Waals surface area contributed by atoms with E-state index in [9.17, 15) is 5.11 Å². The fourth-order valence-electron chi connectivity index (χ4n) is 4.89. The summed E-state index contributed by atoms with van der Waals surface area (Å²) in [6, 6.07) is 14.2. The Morgan fingerprint density at radius 3 is 2.41 bits per heavy atom. The Morgan fingerprint density at radius 2 is 1.83 bits per heavy atom. The van der Waals surface area contributed by atoms with Gasteiger partial charge in [0.05, 0.1) is 12.8 Å². The molecule has 0 aromatic heterocycles. The summed E-state index contributed by atoms with van der Waals surface area (Å²) in [6.45, 7) is 6.30. The maximum Gasteiger partial charge on any atom is 0.143 e. The molecule has 1 aliphatic carbocycles. The van der Waals surface area contributed by atoms with Gasteiger partial charge in [0, 0.05) is 29.2 Å². The highest BCUT2D eigenvalue weighted by atomic mass is 35.5. The van der Waals surface area contributed by atoms with Crippen LogP contribution in [-0.2, 0) is 5.54 Å². The van der Waals surface area contributed by atoms with E-state index >= 15 is 0 Å². The molecule has 1 N–H and O–H groups in total. The van der Waals surface area contributed by atoms with Crippen LogP contribution in [0.4, 0.5) is 5.69 Å². The molecule has 158 valence electrons. The van der Waals surface area contributed by atoms with Crippen molar-refractivity contribution in [3.63, 3.8) is 0 Å². The van der Waals surface area contributed by atoms with Gasteiger partial charge in [0.1, 0.15) is 11.5 Å². The predicted molar refractivity (Wildman–Crippen MR) is 121 cm³/mol. The Balaban J connectivity index is 1.86. The minimum Gasteiger partial charge on any atom is -0.508 e. The molecule has 2 aromatic rings. The van der Waals surface area contributed by atoms with Crippen LogP contribution in [0.5, 0.6) is 11.5 Å². The van der Waals surface area contributed by atoms with Gasteiger partial charge in [0.2, 0.25) is 0 Å². The van der Waals surface area contributed by atoms with Gasteiger partial charge in [-0.25, -0.2) is 0 Å². The van der Waals surface area contributed by atoms with Crippen LogP contribution in [0.3, 0.4) is 0 Å². The zero-order valence-electron chi connectivity index (χ0n) is 18.0. The van der Waals surface area contributed by atoms with E-state index in [-0.39, 0.29) is 5.54 Å². The SMILES string of the molecule is CCN(c1ccc(Cl)cc1OC)C1CCC(c2cccc(O)c2)(N(C)CC)CC1. The summed E-state index contributed by atoms with van der Waals surface area (Å²) in [4.78, 5) is 4.89. The lowest BCUT2D eigenvalue weighted by molar-refractivity contribution is 0.0704. The number of ether oxygens (including phenoxy) is 1. The van der Waals surface area contributed by atoms with E-state index in [1.807, 2.05) is 24.3 Å². The smallest absolute Gasteiger partial charge is 0.143 e. The zero-order valence-corrected chi connectivity index (χ0v) is 18.7. The molecule has 0 atom stereocenters. The van der Waals surface area contributed by atoms with E-state index in [0.29, 0.717) is 16.8 Å². The molecule has 0 amide bonds. The second-order valence-electron chi connectivity index (χ2n) is 7.93. The minimum atomic E-state index is -0.0342. The van der Waals surface area contributed by atoms with Gasteiger partial charge >= 0.3 is 0 Å². The van der Waals surface area contributed by atoms with Gasteiger partial charge in [-0.3, -0.25) is 4.90 Å². The van der Waals surface area contributed by atoms with Gasteiger partial charge in [-0.15, -0.1) is 0 Å². The topological polar surface area (TPSA) is 35.9 Å². The van der Waals surface area contributed by atoms with Crippen LogP contribution < -0.4 is 9.64 Å². The first kappa shape index (κ1) is 21.8. The molecule has 0 bridgehead atoms. The molecular weight excluding hydrogens is 384 g/mol. The summed E-state index contributed by atoms with van der Waals surface area (Å²) in [5.74, 6) is 1.17. The molecular formula is C24H33ClN2O2. The van der Waals surface area contributed by atoms with Gasteiger partial charge in [-0.1, -0.05) is 30.7 Å². The number of methoxy groups -OCH3 is 1. The maximum atomic E-state index is 10.1. The summed E-state index contributed by atoms with van der Waals surface area (Å²) < 4.78 is 5.62. The van der Waals surface area contributed by atoms with Gasteiger partial charge in [-0.2, -0.15) is 0 Å². The second-order valence-corrected chi connectivity index (χ2v) is 8.37. The van der Waals surface area contributed by atoms with Crippen molar-refractivity contribution in [3.05, 3.63) is 53.1 Å². The molecule has 29 heavy (non-hydrogen) atoms. The average Bonchev–Trinajstić information content (AvgIpc) is 2.75. The summed E-state index contributed by atoms with van der Waals surface area (Å²) in [5.41, 5.74) is 2.29. The van der Waals surface area contributed by atoms with Crippen LogP contribution in [0.15, 0.2) is 42.5 Å². The van der Waals surface area contributed by atoms with Crippen molar-refractivity contribution in [2.75, 3.05) is 32.1 Å². The van der Waals surface area contributed by atoms with Gasteiger partial charge < -0.3 is 14.7 Å². The number of hydrogen-bond donors (Lipinski definition) is 1. The summed E-state index contributed by atoms with van der Waals surface area (Å²) in [6.07, 6.45) is 4.27. The molecule has 4 nitrogen and oxygen atoms in total. The van der Waals surface area contributed by atoms with Crippen LogP contribution in [0.1, 0.15) is 45.1 Å². The summed E-state index contributed by atoms with van der Waals surface area (Å²) >= 11 is 6.17. The summed E-state index contributed by atoms with van der Waals surface area (Å²) in [5, 5.41) is 10.8. The van der Waals surface area contributed by atoms with Gasteiger partial charge in [0.15, 0.2) is 0 Å². The highest BCUT2D eigenvalue weighted by Gasteiger charge is 2.41. The Bertz CT molecular complexity index is 818. The van der Waals surface area contributed by atoms with Crippen LogP contribution in [0.2, 0.25) is 5.02 Å². The van der Waals surface area contributed by atoms with Crippen molar-refractivity contribution in [2.24, 2.45) is 0 Å². The standard InChI is InChI=1S/C24H33ClN2O2/c1-5-26(3)24(18-8-7-9-21(28)16-18)14-12-20(13-15-24)27(6-2)22-11-10-19(25)17-23(22)29-4/h7-11,16-17,20,28H,5-6,12-15H2,1-4H3. The average molecular weight is 417 g/mol. The number of phenolic OH excluding ortho intramolecular Hbond substituents is 1. The van der Waals surface area contributed by atoms with Crippen molar-refractivity contribution >= 4 is 17.3 Å². The van der Waals surface area contributed by atoms with E-state index in [0.717, 1.165) is 50.2 Å². The largest absolute Gasteiger partial charge is 0.508 e. The van der Waals surface area contributed by atoms with Crippen molar-refractivity contribution in [1.29, 1.82) is 0 Å². The molecule has 0 spiro atoms. The Kier molecular flexibility index (Phi) is 6.97. The summed E-state index contributed by atoms with van der Waals surface area (Å²) in [7, 11) is 3.90. The van der Waals surface area contributed by atoms with Crippen LogP contribution in [0.25, 0.3) is 0 Å². The molecule has 1 aliphatic rings. The number of nitrogens with zero attached hydrogens (tertiary/aromatic N) is 2. The molecule has 0 aliphatic heterocycles. The molecule has 5 heteroatoms. The Morgan fingerprint density at radius 1 is 1.10 bits per heavy atom. The lowest BCUT2D eigenvalue weighted by Gasteiger charge is -2.49. The first-order chi connectivity index (χ1) is 13.9. The van der Waals surface area contributed by atoms with Crippen LogP contribution in [-0.4, -0.2) is 43.3 Å². The Labute approximate surface area is 180 Å². The first-order valence-electron chi connectivity index (χ1n) is 10.6. The van der Waals surface area contributed by atoms with Crippen molar-refractivity contribution < 1.29 is 9.84 Å².